The van der Waals surface area contributed by atoms with E-state index >= 15 is 0 Å². The minimum Gasteiger partial charge on any atom is -0.423 e. The number of aliphatic hydroxyl groups is 1. The standard InChI is InChI=1S/C13H22BNO3/c1-12(2,16)13(3,4)18-14(17)10-6-8-11(15-5)9-7-10/h6-9,15-17H,1-5H3. The fourth-order valence-electron chi connectivity index (χ4n) is 1.31. The van der Waals surface area contributed by atoms with Crippen molar-refractivity contribution in [2.24, 2.45) is 0 Å². The molecule has 0 fully saturated rings. The van der Waals surface area contributed by atoms with E-state index in [1.807, 2.05) is 19.2 Å². The second-order valence-electron chi connectivity index (χ2n) is 5.41. The summed E-state index contributed by atoms with van der Waals surface area (Å²) in [4.78, 5) is 0. The first-order valence-corrected chi connectivity index (χ1v) is 6.03. The fourth-order valence-corrected chi connectivity index (χ4v) is 1.31. The Hall–Kier alpha value is -1.04. The lowest BCUT2D eigenvalue weighted by Gasteiger charge is -2.38. The maximum Gasteiger partial charge on any atom is 0.491 e. The van der Waals surface area contributed by atoms with Gasteiger partial charge in [0.15, 0.2) is 0 Å². The van der Waals surface area contributed by atoms with Crippen molar-refractivity contribution < 1.29 is 14.8 Å². The average Bonchev–Trinajstić information content (AvgIpc) is 2.27. The molecular weight excluding hydrogens is 229 g/mol. The second kappa shape index (κ2) is 5.30. The van der Waals surface area contributed by atoms with Gasteiger partial charge in [-0.15, -0.1) is 0 Å². The molecule has 5 heteroatoms. The molecule has 0 radical (unpaired) electrons. The first kappa shape index (κ1) is 15.0. The smallest absolute Gasteiger partial charge is 0.423 e. The predicted octanol–water partition coefficient (Wildman–Crippen LogP) is 0.982. The summed E-state index contributed by atoms with van der Waals surface area (Å²) in [6, 6.07) is 7.30. The molecule has 0 saturated heterocycles. The summed E-state index contributed by atoms with van der Waals surface area (Å²) in [5.74, 6) is 0. The Morgan fingerprint density at radius 3 is 2.00 bits per heavy atom. The second-order valence-corrected chi connectivity index (χ2v) is 5.41. The lowest BCUT2D eigenvalue weighted by Crippen LogP contribution is -2.53. The van der Waals surface area contributed by atoms with Gasteiger partial charge in [0.05, 0.1) is 11.2 Å². The van der Waals surface area contributed by atoms with Crippen LogP contribution in [-0.4, -0.2) is 35.5 Å². The summed E-state index contributed by atoms with van der Waals surface area (Å²) < 4.78 is 5.55. The zero-order valence-electron chi connectivity index (χ0n) is 11.7. The molecule has 0 spiro atoms. The summed E-state index contributed by atoms with van der Waals surface area (Å²) in [5, 5.41) is 23.0. The van der Waals surface area contributed by atoms with Crippen LogP contribution < -0.4 is 10.8 Å². The first-order valence-electron chi connectivity index (χ1n) is 6.03. The molecule has 1 aromatic carbocycles. The van der Waals surface area contributed by atoms with Gasteiger partial charge in [-0.2, -0.15) is 0 Å². The van der Waals surface area contributed by atoms with E-state index in [9.17, 15) is 10.1 Å². The van der Waals surface area contributed by atoms with Gasteiger partial charge in [0.2, 0.25) is 0 Å². The molecule has 3 N–H and O–H groups in total. The lowest BCUT2D eigenvalue weighted by molar-refractivity contribution is -0.0982. The molecule has 1 rings (SSSR count). The molecule has 0 atom stereocenters. The van der Waals surface area contributed by atoms with Crippen LogP contribution in [0.2, 0.25) is 0 Å². The van der Waals surface area contributed by atoms with Gasteiger partial charge in [0.1, 0.15) is 0 Å². The van der Waals surface area contributed by atoms with Gasteiger partial charge >= 0.3 is 7.12 Å². The normalized spacial score (nSPS) is 12.4. The highest BCUT2D eigenvalue weighted by Gasteiger charge is 2.39. The Labute approximate surface area is 109 Å². The fraction of sp³-hybridized carbons (Fsp3) is 0.538. The molecule has 0 aliphatic carbocycles. The number of hydrogen-bond donors (Lipinski definition) is 3. The summed E-state index contributed by atoms with van der Waals surface area (Å²) in [7, 11) is 0.775. The van der Waals surface area contributed by atoms with Gasteiger partial charge < -0.3 is 20.1 Å². The Morgan fingerprint density at radius 2 is 1.61 bits per heavy atom. The number of anilines is 1. The van der Waals surface area contributed by atoms with Crippen LogP contribution in [0.25, 0.3) is 0 Å². The molecule has 0 aromatic heterocycles. The SMILES string of the molecule is CNc1ccc(B(O)OC(C)(C)C(C)(C)O)cc1. The maximum absolute atomic E-state index is 10.0. The third kappa shape index (κ3) is 3.48. The van der Waals surface area contributed by atoms with Crippen molar-refractivity contribution in [1.29, 1.82) is 0 Å². The molecule has 4 nitrogen and oxygen atoms in total. The number of hydrogen-bond acceptors (Lipinski definition) is 4. The van der Waals surface area contributed by atoms with Crippen molar-refractivity contribution >= 4 is 18.3 Å². The molecule has 0 bridgehead atoms. The molecule has 1 aromatic rings. The minimum absolute atomic E-state index is 0.659. The van der Waals surface area contributed by atoms with Gasteiger partial charge in [0.25, 0.3) is 0 Å². The molecule has 0 amide bonds. The van der Waals surface area contributed by atoms with Crippen LogP contribution in [0.15, 0.2) is 24.3 Å². The van der Waals surface area contributed by atoms with Crippen LogP contribution in [0.5, 0.6) is 0 Å². The molecule has 0 heterocycles. The maximum atomic E-state index is 10.0. The molecule has 0 aliphatic rings. The van der Waals surface area contributed by atoms with Crippen LogP contribution in [0.4, 0.5) is 5.69 Å². The topological polar surface area (TPSA) is 61.7 Å². The Kier molecular flexibility index (Phi) is 4.43. The van der Waals surface area contributed by atoms with Crippen molar-refractivity contribution in [3.05, 3.63) is 24.3 Å². The van der Waals surface area contributed by atoms with Gasteiger partial charge in [-0.25, -0.2) is 0 Å². The third-order valence-electron chi connectivity index (χ3n) is 3.36. The van der Waals surface area contributed by atoms with Gasteiger partial charge in [0, 0.05) is 12.7 Å². The molecule has 0 aliphatic heterocycles. The van der Waals surface area contributed by atoms with Crippen molar-refractivity contribution in [3.8, 4) is 0 Å². The highest BCUT2D eigenvalue weighted by atomic mass is 16.5. The van der Waals surface area contributed by atoms with Gasteiger partial charge in [-0.05, 0) is 45.3 Å². The Morgan fingerprint density at radius 1 is 1.11 bits per heavy atom. The van der Waals surface area contributed by atoms with E-state index in [1.54, 1.807) is 39.8 Å². The molecule has 18 heavy (non-hydrogen) atoms. The van der Waals surface area contributed by atoms with E-state index in [1.165, 1.54) is 0 Å². The van der Waals surface area contributed by atoms with E-state index in [0.29, 0.717) is 5.46 Å². The minimum atomic E-state index is -1.06. The summed E-state index contributed by atoms with van der Waals surface area (Å²) in [5.41, 5.74) is -0.272. The summed E-state index contributed by atoms with van der Waals surface area (Å²) >= 11 is 0. The molecular formula is C13H22BNO3. The molecule has 100 valence electrons. The monoisotopic (exact) mass is 251 g/mol. The zero-order valence-corrected chi connectivity index (χ0v) is 11.7. The van der Waals surface area contributed by atoms with Gasteiger partial charge in [-0.1, -0.05) is 12.1 Å². The van der Waals surface area contributed by atoms with Crippen LogP contribution in [0.1, 0.15) is 27.7 Å². The number of benzene rings is 1. The van der Waals surface area contributed by atoms with E-state index in [-0.39, 0.29) is 0 Å². The van der Waals surface area contributed by atoms with Crippen LogP contribution in [-0.2, 0) is 4.65 Å². The molecule has 0 saturated carbocycles. The Bertz CT molecular complexity index is 384. The zero-order chi connectivity index (χ0) is 14.0. The number of rotatable bonds is 5. The average molecular weight is 251 g/mol. The number of nitrogens with one attached hydrogen (secondary N) is 1. The van der Waals surface area contributed by atoms with E-state index in [2.05, 4.69) is 5.32 Å². The summed E-state index contributed by atoms with van der Waals surface area (Å²) in [6.45, 7) is 6.81. The van der Waals surface area contributed by atoms with E-state index in [0.717, 1.165) is 5.69 Å². The van der Waals surface area contributed by atoms with E-state index < -0.39 is 18.3 Å². The quantitative estimate of drug-likeness (QED) is 0.683. The summed E-state index contributed by atoms with van der Waals surface area (Å²) in [6.07, 6.45) is 0. The van der Waals surface area contributed by atoms with Crippen molar-refractivity contribution in [1.82, 2.24) is 0 Å². The highest BCUT2D eigenvalue weighted by Crippen LogP contribution is 2.25. The first-order chi connectivity index (χ1) is 8.17. The van der Waals surface area contributed by atoms with Crippen molar-refractivity contribution in [2.75, 3.05) is 12.4 Å². The van der Waals surface area contributed by atoms with Crippen molar-refractivity contribution in [3.63, 3.8) is 0 Å². The van der Waals surface area contributed by atoms with Gasteiger partial charge in [-0.3, -0.25) is 0 Å². The van der Waals surface area contributed by atoms with E-state index in [4.69, 9.17) is 4.65 Å². The Balaban J connectivity index is 2.78. The lowest BCUT2D eigenvalue weighted by atomic mass is 9.76. The highest BCUT2D eigenvalue weighted by molar-refractivity contribution is 6.60. The van der Waals surface area contributed by atoms with Crippen LogP contribution in [0.3, 0.4) is 0 Å². The van der Waals surface area contributed by atoms with Crippen molar-refractivity contribution in [2.45, 2.75) is 38.9 Å². The van der Waals surface area contributed by atoms with Crippen LogP contribution >= 0.6 is 0 Å². The largest absolute Gasteiger partial charge is 0.491 e. The van der Waals surface area contributed by atoms with Crippen LogP contribution in [0, 0.1) is 0 Å². The third-order valence-corrected chi connectivity index (χ3v) is 3.36. The predicted molar refractivity (Wildman–Crippen MR) is 75.1 cm³/mol. The molecule has 0 unspecified atom stereocenters.